The van der Waals surface area contributed by atoms with E-state index in [0.717, 1.165) is 22.4 Å². The number of benzene rings is 3. The van der Waals surface area contributed by atoms with Crippen LogP contribution < -0.4 is 15.4 Å². The number of carboxylic acid groups (broad SMARTS) is 1. The van der Waals surface area contributed by atoms with Gasteiger partial charge in [0.25, 0.3) is 5.91 Å². The van der Waals surface area contributed by atoms with Crippen molar-refractivity contribution < 1.29 is 29.0 Å². The number of hydrogen-bond acceptors (Lipinski definition) is 5. The Morgan fingerprint density at radius 3 is 2.38 bits per heavy atom. The van der Waals surface area contributed by atoms with E-state index >= 15 is 0 Å². The van der Waals surface area contributed by atoms with Gasteiger partial charge in [0.1, 0.15) is 24.6 Å². The maximum absolute atomic E-state index is 12.8. The van der Waals surface area contributed by atoms with E-state index in [1.165, 1.54) is 18.2 Å². The van der Waals surface area contributed by atoms with E-state index in [0.29, 0.717) is 17.0 Å². The Labute approximate surface area is 213 Å². The number of aromatic carboxylic acids is 1. The predicted octanol–water partition coefficient (Wildman–Crippen LogP) is 4.06. The summed E-state index contributed by atoms with van der Waals surface area (Å²) < 4.78 is 5.72. The van der Waals surface area contributed by atoms with E-state index in [1.807, 2.05) is 19.1 Å². The molecule has 3 N–H and O–H groups in total. The van der Waals surface area contributed by atoms with Crippen LogP contribution in [0, 0.1) is 0 Å². The second kappa shape index (κ2) is 11.2. The highest BCUT2D eigenvalue weighted by Gasteiger charge is 2.35. The van der Waals surface area contributed by atoms with Crippen LogP contribution in [-0.2, 0) is 22.6 Å². The lowest BCUT2D eigenvalue weighted by Gasteiger charge is -2.13. The largest absolute Gasteiger partial charge is 0.489 e. The van der Waals surface area contributed by atoms with Crippen LogP contribution in [0.4, 0.5) is 10.5 Å². The summed E-state index contributed by atoms with van der Waals surface area (Å²) in [6, 6.07) is 20.0. The number of carboxylic acids is 1. The van der Waals surface area contributed by atoms with E-state index in [9.17, 15) is 19.2 Å². The fraction of sp³-hybridized carbons (Fsp3) is 0.143. The van der Waals surface area contributed by atoms with Crippen molar-refractivity contribution >= 4 is 35.6 Å². The van der Waals surface area contributed by atoms with E-state index in [4.69, 9.17) is 9.84 Å². The molecule has 1 heterocycles. The number of nitrogens with zero attached hydrogens (tertiary/aromatic N) is 1. The average molecular weight is 500 g/mol. The predicted molar refractivity (Wildman–Crippen MR) is 137 cm³/mol. The van der Waals surface area contributed by atoms with Crippen LogP contribution in [0.2, 0.25) is 0 Å². The molecule has 0 unspecified atom stereocenters. The number of imide groups is 1. The number of nitrogens with one attached hydrogen (secondary N) is 2. The van der Waals surface area contributed by atoms with E-state index in [2.05, 4.69) is 10.6 Å². The number of ether oxygens (including phenoxy) is 1. The molecule has 188 valence electrons. The van der Waals surface area contributed by atoms with Crippen molar-refractivity contribution in [1.82, 2.24) is 10.2 Å². The van der Waals surface area contributed by atoms with Gasteiger partial charge in [0.05, 0.1) is 5.56 Å². The molecule has 1 saturated heterocycles. The highest BCUT2D eigenvalue weighted by atomic mass is 16.5. The SMILES string of the molecule is CCc1ccccc1NC(=O)CN1C(=O)N/C(=C/c2ccc(OCc3ccc(C(=O)O)cc3)cc2)C1=O. The fourth-order valence-electron chi connectivity index (χ4n) is 3.74. The highest BCUT2D eigenvalue weighted by Crippen LogP contribution is 2.19. The number of aryl methyl sites for hydroxylation is 1. The quantitative estimate of drug-likeness (QED) is 0.301. The van der Waals surface area contributed by atoms with Crippen LogP contribution in [-0.4, -0.2) is 40.4 Å². The number of para-hydroxylation sites is 1. The molecule has 4 amide bonds. The molecule has 1 aliphatic heterocycles. The molecule has 9 heteroatoms. The van der Waals surface area contributed by atoms with E-state index < -0.39 is 30.4 Å². The minimum Gasteiger partial charge on any atom is -0.489 e. The molecule has 3 aromatic carbocycles. The van der Waals surface area contributed by atoms with Gasteiger partial charge in [0.15, 0.2) is 0 Å². The Bertz CT molecular complexity index is 1360. The Balaban J connectivity index is 1.35. The van der Waals surface area contributed by atoms with Gasteiger partial charge in [0.2, 0.25) is 5.91 Å². The highest BCUT2D eigenvalue weighted by molar-refractivity contribution is 6.16. The maximum Gasteiger partial charge on any atom is 0.335 e. The minimum absolute atomic E-state index is 0.0685. The molecule has 4 rings (SSSR count). The van der Waals surface area contributed by atoms with Crippen LogP contribution in [0.5, 0.6) is 5.75 Å². The second-order valence-corrected chi connectivity index (χ2v) is 8.30. The number of carbonyl (C=O) groups excluding carboxylic acids is 3. The number of urea groups is 1. The molecule has 0 spiro atoms. The van der Waals surface area contributed by atoms with Gasteiger partial charge in [-0.15, -0.1) is 0 Å². The topological polar surface area (TPSA) is 125 Å². The monoisotopic (exact) mass is 499 g/mol. The third kappa shape index (κ3) is 6.21. The maximum atomic E-state index is 12.8. The average Bonchev–Trinajstić information content (AvgIpc) is 3.16. The van der Waals surface area contributed by atoms with E-state index in [-0.39, 0.29) is 17.9 Å². The summed E-state index contributed by atoms with van der Waals surface area (Å²) in [6.07, 6.45) is 2.26. The Morgan fingerprint density at radius 1 is 1.00 bits per heavy atom. The van der Waals surface area contributed by atoms with Gasteiger partial charge in [0, 0.05) is 5.69 Å². The van der Waals surface area contributed by atoms with Crippen molar-refractivity contribution in [3.63, 3.8) is 0 Å². The number of carbonyl (C=O) groups is 4. The molecule has 0 atom stereocenters. The molecule has 0 aliphatic carbocycles. The van der Waals surface area contributed by atoms with Crippen molar-refractivity contribution in [2.24, 2.45) is 0 Å². The Morgan fingerprint density at radius 2 is 1.70 bits per heavy atom. The zero-order chi connectivity index (χ0) is 26.4. The van der Waals surface area contributed by atoms with Gasteiger partial charge < -0.3 is 20.5 Å². The minimum atomic E-state index is -0.988. The molecule has 0 aromatic heterocycles. The van der Waals surface area contributed by atoms with Crippen molar-refractivity contribution in [2.75, 3.05) is 11.9 Å². The molecule has 0 saturated carbocycles. The molecule has 1 aliphatic rings. The fourth-order valence-corrected chi connectivity index (χ4v) is 3.74. The lowest BCUT2D eigenvalue weighted by Crippen LogP contribution is -2.38. The van der Waals surface area contributed by atoms with Gasteiger partial charge >= 0.3 is 12.0 Å². The number of anilines is 1. The van der Waals surface area contributed by atoms with Gasteiger partial charge in [-0.05, 0) is 59.5 Å². The zero-order valence-electron chi connectivity index (χ0n) is 20.1. The second-order valence-electron chi connectivity index (χ2n) is 8.30. The Hall–Kier alpha value is -4.92. The van der Waals surface area contributed by atoms with Gasteiger partial charge in [-0.1, -0.05) is 49.4 Å². The van der Waals surface area contributed by atoms with Crippen LogP contribution >= 0.6 is 0 Å². The number of rotatable bonds is 9. The molecule has 0 bridgehead atoms. The summed E-state index contributed by atoms with van der Waals surface area (Å²) in [5, 5.41) is 14.2. The van der Waals surface area contributed by atoms with Gasteiger partial charge in [-0.25, -0.2) is 14.5 Å². The number of amides is 4. The molecular weight excluding hydrogens is 474 g/mol. The summed E-state index contributed by atoms with van der Waals surface area (Å²) in [5.74, 6) is -1.46. The lowest BCUT2D eigenvalue weighted by molar-refractivity contribution is -0.127. The third-order valence-corrected chi connectivity index (χ3v) is 5.73. The van der Waals surface area contributed by atoms with Crippen LogP contribution in [0.1, 0.15) is 34.0 Å². The summed E-state index contributed by atoms with van der Waals surface area (Å²) in [4.78, 5) is 49.4. The molecule has 9 nitrogen and oxygen atoms in total. The summed E-state index contributed by atoms with van der Waals surface area (Å²) in [5.41, 5.74) is 3.35. The first-order chi connectivity index (χ1) is 17.8. The van der Waals surface area contributed by atoms with Crippen molar-refractivity contribution in [2.45, 2.75) is 20.0 Å². The van der Waals surface area contributed by atoms with Crippen molar-refractivity contribution in [3.8, 4) is 5.75 Å². The molecule has 1 fully saturated rings. The zero-order valence-corrected chi connectivity index (χ0v) is 20.1. The standard InChI is InChI=1S/C28H25N3O6/c1-2-20-5-3-4-6-23(20)29-25(32)16-31-26(33)24(30-28(31)36)15-18-9-13-22(14-10-18)37-17-19-7-11-21(12-8-19)27(34)35/h3-15H,2,16-17H2,1H3,(H,29,32)(H,30,36)(H,34,35)/b24-15+. The van der Waals surface area contributed by atoms with Gasteiger partial charge in [-0.2, -0.15) is 0 Å². The van der Waals surface area contributed by atoms with Gasteiger partial charge in [-0.3, -0.25) is 9.59 Å². The lowest BCUT2D eigenvalue weighted by atomic mass is 10.1. The normalized spacial score (nSPS) is 14.0. The van der Waals surface area contributed by atoms with Crippen molar-refractivity contribution in [1.29, 1.82) is 0 Å². The van der Waals surface area contributed by atoms with Crippen molar-refractivity contribution in [3.05, 3.63) is 101 Å². The van der Waals surface area contributed by atoms with E-state index in [1.54, 1.807) is 48.5 Å². The van der Waals surface area contributed by atoms with Crippen LogP contribution in [0.15, 0.2) is 78.5 Å². The summed E-state index contributed by atoms with van der Waals surface area (Å²) in [6.45, 7) is 1.83. The van der Waals surface area contributed by atoms with Crippen LogP contribution in [0.3, 0.4) is 0 Å². The molecule has 37 heavy (non-hydrogen) atoms. The molecule has 3 aromatic rings. The van der Waals surface area contributed by atoms with Crippen LogP contribution in [0.25, 0.3) is 6.08 Å². The number of hydrogen-bond donors (Lipinski definition) is 3. The first-order valence-corrected chi connectivity index (χ1v) is 11.6. The molecule has 0 radical (unpaired) electrons. The first kappa shape index (κ1) is 25.2. The third-order valence-electron chi connectivity index (χ3n) is 5.73. The first-order valence-electron chi connectivity index (χ1n) is 11.6. The smallest absolute Gasteiger partial charge is 0.335 e. The molecular formula is C28H25N3O6. The summed E-state index contributed by atoms with van der Waals surface area (Å²) in [7, 11) is 0. The summed E-state index contributed by atoms with van der Waals surface area (Å²) >= 11 is 0. The Kier molecular flexibility index (Phi) is 7.63.